The fourth-order valence-electron chi connectivity index (χ4n) is 2.99. The molecule has 4 heteroatoms. The van der Waals surface area contributed by atoms with Crippen molar-refractivity contribution in [3.05, 3.63) is 35.1 Å². The van der Waals surface area contributed by atoms with E-state index in [4.69, 9.17) is 4.42 Å². The number of furan rings is 1. The van der Waals surface area contributed by atoms with E-state index in [0.717, 1.165) is 36.0 Å². The SMILES string of the molecule is CNC(=O)c1ccc2oc3c(c2c1)CC(N(C)C)CC3. The maximum absolute atomic E-state index is 11.8. The van der Waals surface area contributed by atoms with Crippen molar-refractivity contribution in [1.82, 2.24) is 10.2 Å². The fourth-order valence-corrected chi connectivity index (χ4v) is 2.99. The van der Waals surface area contributed by atoms with Crippen LogP contribution >= 0.6 is 0 Å². The minimum atomic E-state index is -0.0539. The van der Waals surface area contributed by atoms with E-state index in [1.54, 1.807) is 7.05 Å². The molecular weight excluding hydrogens is 252 g/mol. The normalized spacial score (nSPS) is 18.3. The predicted octanol–water partition coefficient (Wildman–Crippen LogP) is 2.21. The van der Waals surface area contributed by atoms with Crippen molar-refractivity contribution in [2.45, 2.75) is 25.3 Å². The predicted molar refractivity (Wildman–Crippen MR) is 79.1 cm³/mol. The van der Waals surface area contributed by atoms with Gasteiger partial charge in [0, 0.05) is 36.0 Å². The molecule has 4 nitrogen and oxygen atoms in total. The van der Waals surface area contributed by atoms with E-state index in [-0.39, 0.29) is 5.91 Å². The molecule has 2 aromatic rings. The minimum absolute atomic E-state index is 0.0539. The Hall–Kier alpha value is -1.81. The van der Waals surface area contributed by atoms with Crippen molar-refractivity contribution in [2.24, 2.45) is 0 Å². The molecule has 0 aliphatic heterocycles. The number of likely N-dealkylation sites (N-methyl/N-ethyl adjacent to an activating group) is 1. The standard InChI is InChI=1S/C16H20N2O2/c1-17-16(19)10-4-6-14-12(8-10)13-9-11(18(2)3)5-7-15(13)20-14/h4,6,8,11H,5,7,9H2,1-3H3,(H,17,19). The molecule has 1 N–H and O–H groups in total. The van der Waals surface area contributed by atoms with Gasteiger partial charge in [0.1, 0.15) is 11.3 Å². The van der Waals surface area contributed by atoms with Gasteiger partial charge in [0.2, 0.25) is 0 Å². The van der Waals surface area contributed by atoms with Gasteiger partial charge in [-0.05, 0) is 45.1 Å². The van der Waals surface area contributed by atoms with Gasteiger partial charge in [0.25, 0.3) is 5.91 Å². The van der Waals surface area contributed by atoms with Gasteiger partial charge < -0.3 is 14.6 Å². The molecule has 0 spiro atoms. The highest BCUT2D eigenvalue weighted by Gasteiger charge is 2.25. The zero-order chi connectivity index (χ0) is 14.3. The first-order valence-corrected chi connectivity index (χ1v) is 7.03. The Morgan fingerprint density at radius 3 is 2.90 bits per heavy atom. The van der Waals surface area contributed by atoms with Gasteiger partial charge in [0.05, 0.1) is 0 Å². The zero-order valence-corrected chi connectivity index (χ0v) is 12.2. The third-order valence-electron chi connectivity index (χ3n) is 4.24. The summed E-state index contributed by atoms with van der Waals surface area (Å²) in [6, 6.07) is 6.23. The summed E-state index contributed by atoms with van der Waals surface area (Å²) in [4.78, 5) is 14.0. The molecule has 0 saturated carbocycles. The number of hydrogen-bond donors (Lipinski definition) is 1. The number of aryl methyl sites for hydroxylation is 1. The van der Waals surface area contributed by atoms with Crippen LogP contribution in [-0.2, 0) is 12.8 Å². The largest absolute Gasteiger partial charge is 0.461 e. The molecule has 1 heterocycles. The van der Waals surface area contributed by atoms with Gasteiger partial charge in [-0.1, -0.05) is 0 Å². The van der Waals surface area contributed by atoms with Crippen molar-refractivity contribution < 1.29 is 9.21 Å². The Morgan fingerprint density at radius 1 is 1.40 bits per heavy atom. The highest BCUT2D eigenvalue weighted by molar-refractivity contribution is 5.98. The van der Waals surface area contributed by atoms with Crippen LogP contribution < -0.4 is 5.32 Å². The molecule has 20 heavy (non-hydrogen) atoms. The molecule has 3 rings (SSSR count). The van der Waals surface area contributed by atoms with Crippen LogP contribution in [0.3, 0.4) is 0 Å². The molecule has 1 unspecified atom stereocenters. The second-order valence-corrected chi connectivity index (χ2v) is 5.65. The Balaban J connectivity index is 2.07. The number of rotatable bonds is 2. The maximum atomic E-state index is 11.8. The second-order valence-electron chi connectivity index (χ2n) is 5.65. The number of carbonyl (C=O) groups is 1. The van der Waals surface area contributed by atoms with Crippen LogP contribution in [0.1, 0.15) is 28.1 Å². The van der Waals surface area contributed by atoms with Gasteiger partial charge in [-0.2, -0.15) is 0 Å². The Labute approximate surface area is 118 Å². The summed E-state index contributed by atoms with van der Waals surface area (Å²) in [7, 11) is 5.89. The fraction of sp³-hybridized carbons (Fsp3) is 0.438. The van der Waals surface area contributed by atoms with Crippen LogP contribution in [0.4, 0.5) is 0 Å². The Morgan fingerprint density at radius 2 is 2.20 bits per heavy atom. The first kappa shape index (κ1) is 13.2. The summed E-state index contributed by atoms with van der Waals surface area (Å²) >= 11 is 0. The molecular formula is C16H20N2O2. The van der Waals surface area contributed by atoms with Gasteiger partial charge in [-0.3, -0.25) is 4.79 Å². The van der Waals surface area contributed by atoms with Gasteiger partial charge in [0.15, 0.2) is 0 Å². The lowest BCUT2D eigenvalue weighted by Crippen LogP contribution is -2.33. The third kappa shape index (κ3) is 2.10. The summed E-state index contributed by atoms with van der Waals surface area (Å²) in [6.07, 6.45) is 3.09. The number of nitrogens with zero attached hydrogens (tertiary/aromatic N) is 1. The van der Waals surface area contributed by atoms with Crippen LogP contribution in [0.2, 0.25) is 0 Å². The maximum Gasteiger partial charge on any atom is 0.251 e. The first-order chi connectivity index (χ1) is 9.60. The Bertz CT molecular complexity index is 658. The molecule has 0 fully saturated rings. The smallest absolute Gasteiger partial charge is 0.251 e. The van der Waals surface area contributed by atoms with E-state index >= 15 is 0 Å². The number of hydrogen-bond acceptors (Lipinski definition) is 3. The minimum Gasteiger partial charge on any atom is -0.461 e. The number of nitrogens with one attached hydrogen (secondary N) is 1. The number of fused-ring (bicyclic) bond motifs is 3. The van der Waals surface area contributed by atoms with E-state index in [1.807, 2.05) is 18.2 Å². The summed E-state index contributed by atoms with van der Waals surface area (Å²) in [5.74, 6) is 1.04. The van der Waals surface area contributed by atoms with Crippen LogP contribution in [0, 0.1) is 0 Å². The molecule has 1 atom stereocenters. The lowest BCUT2D eigenvalue weighted by molar-refractivity contribution is 0.0963. The summed E-state index contributed by atoms with van der Waals surface area (Å²) in [5.41, 5.74) is 2.85. The zero-order valence-electron chi connectivity index (χ0n) is 12.2. The van der Waals surface area contributed by atoms with Crippen LogP contribution in [-0.4, -0.2) is 38.0 Å². The van der Waals surface area contributed by atoms with Crippen LogP contribution in [0.5, 0.6) is 0 Å². The van der Waals surface area contributed by atoms with Gasteiger partial charge in [-0.15, -0.1) is 0 Å². The highest BCUT2D eigenvalue weighted by Crippen LogP contribution is 2.33. The molecule has 1 aliphatic rings. The van der Waals surface area contributed by atoms with E-state index < -0.39 is 0 Å². The van der Waals surface area contributed by atoms with Crippen LogP contribution in [0.25, 0.3) is 11.0 Å². The first-order valence-electron chi connectivity index (χ1n) is 7.03. The van der Waals surface area contributed by atoms with E-state index in [9.17, 15) is 4.79 Å². The van der Waals surface area contributed by atoms with E-state index in [1.165, 1.54) is 5.56 Å². The van der Waals surface area contributed by atoms with Crippen molar-refractivity contribution in [1.29, 1.82) is 0 Å². The average molecular weight is 272 g/mol. The highest BCUT2D eigenvalue weighted by atomic mass is 16.3. The van der Waals surface area contributed by atoms with E-state index in [2.05, 4.69) is 24.3 Å². The monoisotopic (exact) mass is 272 g/mol. The Kier molecular flexibility index (Phi) is 3.26. The quantitative estimate of drug-likeness (QED) is 0.911. The average Bonchev–Trinajstić information content (AvgIpc) is 2.83. The van der Waals surface area contributed by atoms with Gasteiger partial charge in [-0.25, -0.2) is 0 Å². The lowest BCUT2D eigenvalue weighted by Gasteiger charge is -2.27. The number of carbonyl (C=O) groups excluding carboxylic acids is 1. The summed E-state index contributed by atoms with van der Waals surface area (Å²) < 4.78 is 5.94. The molecule has 0 bridgehead atoms. The molecule has 0 radical (unpaired) electrons. The number of benzene rings is 1. The molecule has 1 amide bonds. The molecule has 1 aliphatic carbocycles. The van der Waals surface area contributed by atoms with Crippen molar-refractivity contribution in [3.8, 4) is 0 Å². The van der Waals surface area contributed by atoms with Crippen molar-refractivity contribution >= 4 is 16.9 Å². The van der Waals surface area contributed by atoms with Crippen LogP contribution in [0.15, 0.2) is 22.6 Å². The topological polar surface area (TPSA) is 45.5 Å². The van der Waals surface area contributed by atoms with Crippen molar-refractivity contribution in [2.75, 3.05) is 21.1 Å². The summed E-state index contributed by atoms with van der Waals surface area (Å²) in [6.45, 7) is 0. The molecule has 1 aromatic carbocycles. The molecule has 1 aromatic heterocycles. The van der Waals surface area contributed by atoms with E-state index in [0.29, 0.717) is 11.6 Å². The third-order valence-corrected chi connectivity index (χ3v) is 4.24. The molecule has 0 saturated heterocycles. The summed E-state index contributed by atoms with van der Waals surface area (Å²) in [5, 5.41) is 3.76. The second kappa shape index (κ2) is 4.94. The number of amides is 1. The molecule has 106 valence electrons. The lowest BCUT2D eigenvalue weighted by atomic mass is 9.91. The van der Waals surface area contributed by atoms with Gasteiger partial charge >= 0.3 is 0 Å². The van der Waals surface area contributed by atoms with Crippen molar-refractivity contribution in [3.63, 3.8) is 0 Å².